The summed E-state index contributed by atoms with van der Waals surface area (Å²) in [6.45, 7) is 3.89. The number of carbonyl (C=O) groups excluding carboxylic acids is 1. The molecule has 0 aliphatic rings. The fourth-order valence-electron chi connectivity index (χ4n) is 2.24. The summed E-state index contributed by atoms with van der Waals surface area (Å²) in [6, 6.07) is 13.3. The topological polar surface area (TPSA) is 39.1 Å². The Hall–Kier alpha value is -1.87. The molecule has 0 saturated heterocycles. The molecule has 0 radical (unpaired) electrons. The van der Waals surface area contributed by atoms with Gasteiger partial charge in [0.25, 0.3) is 5.56 Å². The summed E-state index contributed by atoms with van der Waals surface area (Å²) >= 11 is 5.39. The van der Waals surface area contributed by atoms with E-state index in [1.54, 1.807) is 10.6 Å². The van der Waals surface area contributed by atoms with E-state index in [0.29, 0.717) is 5.56 Å². The molecule has 0 bridgehead atoms. The molecule has 0 atom stereocenters. The van der Waals surface area contributed by atoms with Crippen LogP contribution in [0.1, 0.15) is 25.5 Å². The van der Waals surface area contributed by atoms with Crippen molar-refractivity contribution >= 4 is 16.8 Å². The summed E-state index contributed by atoms with van der Waals surface area (Å²) in [5.74, 6) is 0. The molecule has 1 aromatic heterocycles. The van der Waals surface area contributed by atoms with E-state index in [-0.39, 0.29) is 18.0 Å². The third-order valence-electron chi connectivity index (χ3n) is 3.11. The van der Waals surface area contributed by atoms with Crippen molar-refractivity contribution in [1.82, 2.24) is 4.57 Å². The molecule has 0 aliphatic heterocycles. The number of nitrogens with zero attached hydrogens (tertiary/aromatic N) is 1. The molecule has 20 heavy (non-hydrogen) atoms. The molecule has 4 heteroatoms. The van der Waals surface area contributed by atoms with E-state index >= 15 is 0 Å². The van der Waals surface area contributed by atoms with E-state index in [1.807, 2.05) is 50.2 Å². The average Bonchev–Trinajstić information content (AvgIpc) is 2.41. The van der Waals surface area contributed by atoms with E-state index in [4.69, 9.17) is 11.6 Å². The van der Waals surface area contributed by atoms with Crippen molar-refractivity contribution in [1.29, 1.82) is 0 Å². The molecular weight excluding hydrogens is 274 g/mol. The third-order valence-corrected chi connectivity index (χ3v) is 3.24. The fourth-order valence-corrected chi connectivity index (χ4v) is 2.38. The molecule has 0 unspecified atom stereocenters. The van der Waals surface area contributed by atoms with Crippen molar-refractivity contribution in [3.63, 3.8) is 0 Å². The molecule has 3 nitrogen and oxygen atoms in total. The summed E-state index contributed by atoms with van der Waals surface area (Å²) in [5, 5.41) is -0.523. The zero-order valence-corrected chi connectivity index (χ0v) is 12.2. The lowest BCUT2D eigenvalue weighted by Gasteiger charge is -2.17. The van der Waals surface area contributed by atoms with Crippen LogP contribution in [0.4, 0.5) is 0 Å². The van der Waals surface area contributed by atoms with E-state index in [1.165, 1.54) is 0 Å². The van der Waals surface area contributed by atoms with Gasteiger partial charge in [-0.25, -0.2) is 0 Å². The van der Waals surface area contributed by atoms with Gasteiger partial charge in [-0.3, -0.25) is 9.59 Å². The van der Waals surface area contributed by atoms with Crippen LogP contribution in [0.25, 0.3) is 11.3 Å². The molecule has 1 aromatic carbocycles. The number of hydrogen-bond acceptors (Lipinski definition) is 2. The molecule has 0 amide bonds. The van der Waals surface area contributed by atoms with Crippen LogP contribution in [0.3, 0.4) is 0 Å². The maximum Gasteiger partial charge on any atom is 0.254 e. The van der Waals surface area contributed by atoms with Crippen LogP contribution >= 0.6 is 11.6 Å². The number of hydrogen-bond donors (Lipinski definition) is 0. The molecule has 0 fully saturated rings. The maximum atomic E-state index is 12.5. The minimum atomic E-state index is -0.523. The molecule has 2 rings (SSSR count). The van der Waals surface area contributed by atoms with Crippen molar-refractivity contribution in [2.45, 2.75) is 26.3 Å². The first kappa shape index (κ1) is 14.5. The standard InChI is InChI=1S/C16H16ClNO2/c1-11(2)18-14(12-6-4-3-5-7-12)9-8-13(16(18)20)10-15(17)19/h3-9,11H,10H2,1-2H3. The first-order valence-electron chi connectivity index (χ1n) is 6.49. The van der Waals surface area contributed by atoms with Gasteiger partial charge in [0, 0.05) is 11.6 Å². The quantitative estimate of drug-likeness (QED) is 0.809. The molecule has 104 valence electrons. The van der Waals surface area contributed by atoms with Crippen LogP contribution in [-0.4, -0.2) is 9.81 Å². The predicted molar refractivity (Wildman–Crippen MR) is 81.1 cm³/mol. The molecule has 1 heterocycles. The monoisotopic (exact) mass is 289 g/mol. The second-order valence-electron chi connectivity index (χ2n) is 4.91. The van der Waals surface area contributed by atoms with Gasteiger partial charge in [-0.2, -0.15) is 0 Å². The SMILES string of the molecule is CC(C)n1c(-c2ccccc2)ccc(CC(=O)Cl)c1=O. The summed E-state index contributed by atoms with van der Waals surface area (Å²) in [4.78, 5) is 23.5. The van der Waals surface area contributed by atoms with Crippen molar-refractivity contribution in [2.75, 3.05) is 0 Å². The van der Waals surface area contributed by atoms with E-state index in [9.17, 15) is 9.59 Å². The lowest BCUT2D eigenvalue weighted by Crippen LogP contribution is -2.27. The van der Waals surface area contributed by atoms with Gasteiger partial charge in [-0.1, -0.05) is 36.4 Å². The Morgan fingerprint density at radius 2 is 1.80 bits per heavy atom. The van der Waals surface area contributed by atoms with Crippen LogP contribution in [0.2, 0.25) is 0 Å². The normalized spacial score (nSPS) is 10.8. The number of benzene rings is 1. The Balaban J connectivity index is 2.63. The molecule has 2 aromatic rings. The number of pyridine rings is 1. The summed E-state index contributed by atoms with van der Waals surface area (Å²) in [6.07, 6.45) is -0.0395. The smallest absolute Gasteiger partial charge is 0.254 e. The predicted octanol–water partition coefficient (Wildman–Crippen LogP) is 3.40. The van der Waals surface area contributed by atoms with E-state index in [0.717, 1.165) is 11.3 Å². The van der Waals surface area contributed by atoms with Gasteiger partial charge in [0.05, 0.1) is 12.1 Å². The second kappa shape index (κ2) is 6.06. The second-order valence-corrected chi connectivity index (χ2v) is 5.33. The average molecular weight is 290 g/mol. The van der Waals surface area contributed by atoms with E-state index < -0.39 is 5.24 Å². The number of rotatable bonds is 4. The molecule has 0 saturated carbocycles. The van der Waals surface area contributed by atoms with Crippen LogP contribution in [-0.2, 0) is 11.2 Å². The number of halogens is 1. The van der Waals surface area contributed by atoms with Crippen molar-refractivity contribution in [3.05, 3.63) is 58.4 Å². The largest absolute Gasteiger partial charge is 0.306 e. The van der Waals surface area contributed by atoms with Crippen molar-refractivity contribution in [3.8, 4) is 11.3 Å². The molecular formula is C16H16ClNO2. The highest BCUT2D eigenvalue weighted by atomic mass is 35.5. The summed E-state index contributed by atoms with van der Waals surface area (Å²) in [7, 11) is 0. The number of aromatic nitrogens is 1. The zero-order chi connectivity index (χ0) is 14.7. The lowest BCUT2D eigenvalue weighted by atomic mass is 10.1. The first-order valence-corrected chi connectivity index (χ1v) is 6.86. The Labute approximate surface area is 122 Å². The van der Waals surface area contributed by atoms with Gasteiger partial charge in [0.1, 0.15) is 0 Å². The summed E-state index contributed by atoms with van der Waals surface area (Å²) < 4.78 is 1.70. The van der Waals surface area contributed by atoms with Gasteiger partial charge in [-0.05, 0) is 37.1 Å². The maximum absolute atomic E-state index is 12.5. The molecule has 0 spiro atoms. The van der Waals surface area contributed by atoms with Gasteiger partial charge in [-0.15, -0.1) is 0 Å². The van der Waals surface area contributed by atoms with Crippen LogP contribution in [0, 0.1) is 0 Å². The minimum absolute atomic E-state index is 0.00286. The van der Waals surface area contributed by atoms with Crippen LogP contribution in [0.5, 0.6) is 0 Å². The minimum Gasteiger partial charge on any atom is -0.306 e. The van der Waals surface area contributed by atoms with E-state index in [2.05, 4.69) is 0 Å². The zero-order valence-electron chi connectivity index (χ0n) is 11.5. The Bertz CT molecular complexity index is 675. The Morgan fingerprint density at radius 3 is 2.35 bits per heavy atom. The van der Waals surface area contributed by atoms with Gasteiger partial charge < -0.3 is 4.57 Å². The third kappa shape index (κ3) is 2.99. The Kier molecular flexibility index (Phi) is 4.40. The highest BCUT2D eigenvalue weighted by Gasteiger charge is 2.14. The Morgan fingerprint density at radius 1 is 1.15 bits per heavy atom. The van der Waals surface area contributed by atoms with Crippen LogP contribution in [0.15, 0.2) is 47.3 Å². The number of carbonyl (C=O) groups is 1. The van der Waals surface area contributed by atoms with Crippen molar-refractivity contribution < 1.29 is 4.79 Å². The highest BCUT2D eigenvalue weighted by Crippen LogP contribution is 2.21. The molecule has 0 N–H and O–H groups in total. The fraction of sp³-hybridized carbons (Fsp3) is 0.250. The highest BCUT2D eigenvalue weighted by molar-refractivity contribution is 6.63. The molecule has 0 aliphatic carbocycles. The van der Waals surface area contributed by atoms with Crippen molar-refractivity contribution in [2.24, 2.45) is 0 Å². The van der Waals surface area contributed by atoms with Gasteiger partial charge in [0.15, 0.2) is 0 Å². The van der Waals surface area contributed by atoms with Gasteiger partial charge in [0.2, 0.25) is 5.24 Å². The van der Waals surface area contributed by atoms with Crippen LogP contribution < -0.4 is 5.56 Å². The summed E-state index contributed by atoms with van der Waals surface area (Å²) in [5.41, 5.74) is 2.09. The first-order chi connectivity index (χ1) is 9.50. The van der Waals surface area contributed by atoms with Gasteiger partial charge >= 0.3 is 0 Å². The lowest BCUT2D eigenvalue weighted by molar-refractivity contribution is -0.111.